The van der Waals surface area contributed by atoms with Crippen LogP contribution in [0.3, 0.4) is 0 Å². The van der Waals surface area contributed by atoms with E-state index >= 15 is 0 Å². The summed E-state index contributed by atoms with van der Waals surface area (Å²) in [5.74, 6) is 2.97. The lowest BCUT2D eigenvalue weighted by molar-refractivity contribution is 0.415. The Labute approximate surface area is 162 Å². The number of nitrogens with zero attached hydrogens (tertiary/aromatic N) is 5. The first-order valence-corrected chi connectivity index (χ1v) is 9.96. The minimum absolute atomic E-state index is 0.898. The van der Waals surface area contributed by atoms with E-state index in [0.29, 0.717) is 0 Å². The molecule has 0 bridgehead atoms. The van der Waals surface area contributed by atoms with E-state index in [-0.39, 0.29) is 0 Å². The molecule has 1 aromatic heterocycles. The molecule has 0 radical (unpaired) electrons. The fourth-order valence-corrected chi connectivity index (χ4v) is 3.55. The molecule has 6 heteroatoms. The van der Waals surface area contributed by atoms with Crippen molar-refractivity contribution in [3.63, 3.8) is 0 Å². The van der Waals surface area contributed by atoms with Crippen LogP contribution in [-0.4, -0.2) is 56.3 Å². The van der Waals surface area contributed by atoms with Crippen LogP contribution in [0.25, 0.3) is 0 Å². The van der Waals surface area contributed by atoms with E-state index in [9.17, 15) is 0 Å². The molecular formula is C21H31N5O. The SMILES string of the molecule is CCCN(CCC)c1cc(N2CCN(c3ccc(OC)cc3)CC2)ncn1. The summed E-state index contributed by atoms with van der Waals surface area (Å²) in [6.07, 6.45) is 3.96. The number of benzene rings is 1. The zero-order chi connectivity index (χ0) is 19.1. The average Bonchev–Trinajstić information content (AvgIpc) is 2.74. The first-order chi connectivity index (χ1) is 13.2. The lowest BCUT2D eigenvalue weighted by Gasteiger charge is -2.37. The summed E-state index contributed by atoms with van der Waals surface area (Å²) in [5.41, 5.74) is 1.25. The molecule has 2 heterocycles. The molecule has 0 spiro atoms. The molecule has 1 aliphatic rings. The molecule has 146 valence electrons. The van der Waals surface area contributed by atoms with Crippen LogP contribution in [0.15, 0.2) is 36.7 Å². The van der Waals surface area contributed by atoms with Gasteiger partial charge in [0.25, 0.3) is 0 Å². The van der Waals surface area contributed by atoms with Crippen LogP contribution in [0, 0.1) is 0 Å². The molecule has 1 aromatic carbocycles. The summed E-state index contributed by atoms with van der Waals surface area (Å²) in [6.45, 7) is 10.4. The number of hydrogen-bond donors (Lipinski definition) is 0. The first-order valence-electron chi connectivity index (χ1n) is 9.96. The second-order valence-electron chi connectivity index (χ2n) is 6.89. The second-order valence-corrected chi connectivity index (χ2v) is 6.89. The molecular weight excluding hydrogens is 338 g/mol. The summed E-state index contributed by atoms with van der Waals surface area (Å²) >= 11 is 0. The van der Waals surface area contributed by atoms with Crippen molar-refractivity contribution in [2.45, 2.75) is 26.7 Å². The van der Waals surface area contributed by atoms with Crippen molar-refractivity contribution in [2.75, 3.05) is 61.1 Å². The van der Waals surface area contributed by atoms with Gasteiger partial charge in [-0.2, -0.15) is 0 Å². The Kier molecular flexibility index (Phi) is 6.74. The molecule has 0 unspecified atom stereocenters. The highest BCUT2D eigenvalue weighted by Crippen LogP contribution is 2.23. The van der Waals surface area contributed by atoms with Crippen LogP contribution in [-0.2, 0) is 0 Å². The zero-order valence-electron chi connectivity index (χ0n) is 16.8. The predicted molar refractivity (Wildman–Crippen MR) is 112 cm³/mol. The van der Waals surface area contributed by atoms with Crippen molar-refractivity contribution in [2.24, 2.45) is 0 Å². The fourth-order valence-electron chi connectivity index (χ4n) is 3.55. The third-order valence-electron chi connectivity index (χ3n) is 4.99. The van der Waals surface area contributed by atoms with Gasteiger partial charge in [0.15, 0.2) is 0 Å². The fraction of sp³-hybridized carbons (Fsp3) is 0.524. The van der Waals surface area contributed by atoms with E-state index in [2.05, 4.69) is 56.7 Å². The van der Waals surface area contributed by atoms with Crippen LogP contribution >= 0.6 is 0 Å². The van der Waals surface area contributed by atoms with Gasteiger partial charge >= 0.3 is 0 Å². The number of anilines is 3. The topological polar surface area (TPSA) is 44.7 Å². The molecule has 27 heavy (non-hydrogen) atoms. The summed E-state index contributed by atoms with van der Waals surface area (Å²) in [4.78, 5) is 16.2. The highest BCUT2D eigenvalue weighted by molar-refractivity contribution is 5.53. The monoisotopic (exact) mass is 369 g/mol. The van der Waals surface area contributed by atoms with Crippen molar-refractivity contribution in [3.05, 3.63) is 36.7 Å². The molecule has 0 aliphatic carbocycles. The summed E-state index contributed by atoms with van der Waals surface area (Å²) in [6, 6.07) is 10.5. The Morgan fingerprint density at radius 1 is 0.926 bits per heavy atom. The Hall–Kier alpha value is -2.50. The normalized spacial score (nSPS) is 14.3. The van der Waals surface area contributed by atoms with E-state index in [0.717, 1.165) is 69.5 Å². The van der Waals surface area contributed by atoms with Crippen LogP contribution in [0.2, 0.25) is 0 Å². The Balaban J connectivity index is 1.64. The lowest BCUT2D eigenvalue weighted by atomic mass is 10.2. The minimum Gasteiger partial charge on any atom is -0.497 e. The van der Waals surface area contributed by atoms with Crippen LogP contribution in [0.5, 0.6) is 5.75 Å². The van der Waals surface area contributed by atoms with Gasteiger partial charge in [0, 0.05) is 51.0 Å². The Morgan fingerprint density at radius 2 is 1.56 bits per heavy atom. The maximum absolute atomic E-state index is 5.25. The van der Waals surface area contributed by atoms with Crippen molar-refractivity contribution in [3.8, 4) is 5.75 Å². The second kappa shape index (κ2) is 9.44. The Bertz CT molecular complexity index is 692. The van der Waals surface area contributed by atoms with Gasteiger partial charge in [0.2, 0.25) is 0 Å². The van der Waals surface area contributed by atoms with E-state index in [4.69, 9.17) is 4.74 Å². The molecule has 0 atom stereocenters. The smallest absolute Gasteiger partial charge is 0.134 e. The summed E-state index contributed by atoms with van der Waals surface area (Å²) in [5, 5.41) is 0. The standard InChI is InChI=1S/C21H31N5O/c1-4-10-25(11-5-2)20-16-21(23-17-22-20)26-14-12-24(13-15-26)18-6-8-19(27-3)9-7-18/h6-9,16-17H,4-5,10-15H2,1-3H3. The number of ether oxygens (including phenoxy) is 1. The van der Waals surface area contributed by atoms with Gasteiger partial charge < -0.3 is 19.4 Å². The van der Waals surface area contributed by atoms with Gasteiger partial charge in [0.05, 0.1) is 7.11 Å². The molecule has 1 fully saturated rings. The highest BCUT2D eigenvalue weighted by atomic mass is 16.5. The number of aromatic nitrogens is 2. The van der Waals surface area contributed by atoms with Crippen LogP contribution in [0.4, 0.5) is 17.3 Å². The molecule has 0 saturated carbocycles. The van der Waals surface area contributed by atoms with Gasteiger partial charge in [-0.05, 0) is 37.1 Å². The maximum atomic E-state index is 5.25. The van der Waals surface area contributed by atoms with Crippen molar-refractivity contribution in [1.29, 1.82) is 0 Å². The molecule has 3 rings (SSSR count). The maximum Gasteiger partial charge on any atom is 0.134 e. The van der Waals surface area contributed by atoms with Gasteiger partial charge in [-0.1, -0.05) is 13.8 Å². The molecule has 6 nitrogen and oxygen atoms in total. The van der Waals surface area contributed by atoms with Gasteiger partial charge in [-0.3, -0.25) is 0 Å². The zero-order valence-corrected chi connectivity index (χ0v) is 16.8. The van der Waals surface area contributed by atoms with Crippen molar-refractivity contribution < 1.29 is 4.74 Å². The van der Waals surface area contributed by atoms with Crippen LogP contribution in [0.1, 0.15) is 26.7 Å². The highest BCUT2D eigenvalue weighted by Gasteiger charge is 2.19. The molecule has 1 aliphatic heterocycles. The molecule has 0 N–H and O–H groups in total. The van der Waals surface area contributed by atoms with Crippen LogP contribution < -0.4 is 19.4 Å². The Morgan fingerprint density at radius 3 is 2.15 bits per heavy atom. The van der Waals surface area contributed by atoms with E-state index in [1.165, 1.54) is 5.69 Å². The van der Waals surface area contributed by atoms with Crippen molar-refractivity contribution in [1.82, 2.24) is 9.97 Å². The molecule has 1 saturated heterocycles. The van der Waals surface area contributed by atoms with E-state index in [1.54, 1.807) is 13.4 Å². The van der Waals surface area contributed by atoms with E-state index in [1.807, 2.05) is 12.1 Å². The number of methoxy groups -OCH3 is 1. The average molecular weight is 370 g/mol. The third-order valence-corrected chi connectivity index (χ3v) is 4.99. The number of rotatable bonds is 8. The van der Waals surface area contributed by atoms with Crippen molar-refractivity contribution >= 4 is 17.3 Å². The number of piperazine rings is 1. The van der Waals surface area contributed by atoms with E-state index < -0.39 is 0 Å². The van der Waals surface area contributed by atoms with Gasteiger partial charge in [-0.25, -0.2) is 9.97 Å². The largest absolute Gasteiger partial charge is 0.497 e. The summed E-state index contributed by atoms with van der Waals surface area (Å²) < 4.78 is 5.25. The van der Waals surface area contributed by atoms with Gasteiger partial charge in [0.1, 0.15) is 23.7 Å². The molecule has 2 aromatic rings. The third kappa shape index (κ3) is 4.81. The quantitative estimate of drug-likeness (QED) is 0.710. The molecule has 0 amide bonds. The minimum atomic E-state index is 0.898. The lowest BCUT2D eigenvalue weighted by Crippen LogP contribution is -2.46. The number of hydrogen-bond acceptors (Lipinski definition) is 6. The predicted octanol–water partition coefficient (Wildman–Crippen LogP) is 3.44. The van der Waals surface area contributed by atoms with Gasteiger partial charge in [-0.15, -0.1) is 0 Å². The summed E-state index contributed by atoms with van der Waals surface area (Å²) in [7, 11) is 1.70. The first kappa shape index (κ1) is 19.3.